The zero-order valence-corrected chi connectivity index (χ0v) is 26.4. The minimum Gasteiger partial charge on any atom is -0.435 e. The molecule has 0 unspecified atom stereocenters. The van der Waals surface area contributed by atoms with Crippen LogP contribution in [0.3, 0.4) is 0 Å². The third-order valence-electron chi connectivity index (χ3n) is 8.76. The van der Waals surface area contributed by atoms with Gasteiger partial charge in [0, 0.05) is 27.6 Å². The molecular formula is C44H28N4O. The summed E-state index contributed by atoms with van der Waals surface area (Å²) in [6, 6.07) is 57.8. The van der Waals surface area contributed by atoms with Crippen LogP contribution in [-0.4, -0.2) is 19.9 Å². The van der Waals surface area contributed by atoms with Gasteiger partial charge in [-0.05, 0) is 64.0 Å². The predicted molar refractivity (Wildman–Crippen MR) is 198 cm³/mol. The van der Waals surface area contributed by atoms with E-state index in [1.54, 1.807) is 0 Å². The third kappa shape index (κ3) is 5.53. The molecule has 0 atom stereocenters. The highest BCUT2D eigenvalue weighted by Gasteiger charge is 2.15. The van der Waals surface area contributed by atoms with Crippen LogP contribution in [0.5, 0.6) is 0 Å². The number of hydrogen-bond acceptors (Lipinski definition) is 5. The van der Waals surface area contributed by atoms with E-state index < -0.39 is 0 Å². The second kappa shape index (κ2) is 12.1. The van der Waals surface area contributed by atoms with E-state index in [2.05, 4.69) is 97.1 Å². The summed E-state index contributed by atoms with van der Waals surface area (Å²) in [6.07, 6.45) is 0. The van der Waals surface area contributed by atoms with Crippen LogP contribution in [0, 0.1) is 0 Å². The summed E-state index contributed by atoms with van der Waals surface area (Å²) >= 11 is 0. The van der Waals surface area contributed by atoms with Crippen molar-refractivity contribution in [3.8, 4) is 67.9 Å². The predicted octanol–water partition coefficient (Wildman–Crippen LogP) is 11.2. The smallest absolute Gasteiger partial charge is 0.227 e. The molecular weight excluding hydrogens is 601 g/mol. The quantitative estimate of drug-likeness (QED) is 0.183. The van der Waals surface area contributed by atoms with Crippen molar-refractivity contribution in [1.29, 1.82) is 0 Å². The number of nitrogens with zero attached hydrogens (tertiary/aromatic N) is 4. The summed E-state index contributed by atoms with van der Waals surface area (Å²) in [5.41, 5.74) is 9.85. The molecule has 0 N–H and O–H groups in total. The second-order valence-corrected chi connectivity index (χ2v) is 11.9. The van der Waals surface area contributed by atoms with Crippen molar-refractivity contribution < 1.29 is 4.42 Å². The summed E-state index contributed by atoms with van der Waals surface area (Å²) in [6.45, 7) is 0. The highest BCUT2D eigenvalue weighted by Crippen LogP contribution is 2.34. The van der Waals surface area contributed by atoms with Gasteiger partial charge in [0.15, 0.2) is 23.1 Å². The molecule has 7 aromatic carbocycles. The molecule has 2 aromatic heterocycles. The van der Waals surface area contributed by atoms with E-state index in [-0.39, 0.29) is 0 Å². The lowest BCUT2D eigenvalue weighted by molar-refractivity contribution is 0.623. The van der Waals surface area contributed by atoms with Crippen LogP contribution in [-0.2, 0) is 0 Å². The number of oxazole rings is 1. The van der Waals surface area contributed by atoms with Crippen LogP contribution >= 0.6 is 0 Å². The maximum atomic E-state index is 6.28. The lowest BCUT2D eigenvalue weighted by Crippen LogP contribution is -2.00. The van der Waals surface area contributed by atoms with E-state index in [0.29, 0.717) is 23.4 Å². The normalized spacial score (nSPS) is 11.3. The van der Waals surface area contributed by atoms with Gasteiger partial charge < -0.3 is 4.42 Å². The van der Waals surface area contributed by atoms with Gasteiger partial charge in [-0.25, -0.2) is 19.9 Å². The Labute approximate surface area is 283 Å². The Morgan fingerprint density at radius 1 is 0.327 bits per heavy atom. The van der Waals surface area contributed by atoms with Crippen LogP contribution in [0.4, 0.5) is 0 Å². The van der Waals surface area contributed by atoms with E-state index in [1.165, 1.54) is 5.56 Å². The van der Waals surface area contributed by atoms with Crippen molar-refractivity contribution in [2.24, 2.45) is 0 Å². The summed E-state index contributed by atoms with van der Waals surface area (Å²) < 4.78 is 6.28. The first kappa shape index (κ1) is 28.5. The van der Waals surface area contributed by atoms with Gasteiger partial charge in [-0.3, -0.25) is 0 Å². The van der Waals surface area contributed by atoms with Crippen molar-refractivity contribution in [3.05, 3.63) is 170 Å². The van der Waals surface area contributed by atoms with Crippen molar-refractivity contribution in [2.45, 2.75) is 0 Å². The Hall–Kier alpha value is -6.72. The van der Waals surface area contributed by atoms with Crippen molar-refractivity contribution >= 4 is 21.9 Å². The molecule has 0 fully saturated rings. The topological polar surface area (TPSA) is 64.7 Å². The molecule has 0 aliphatic rings. The van der Waals surface area contributed by atoms with Gasteiger partial charge in [0.2, 0.25) is 5.89 Å². The summed E-state index contributed by atoms with van der Waals surface area (Å²) in [5.74, 6) is 2.51. The molecule has 49 heavy (non-hydrogen) atoms. The molecule has 0 aliphatic carbocycles. The van der Waals surface area contributed by atoms with Crippen LogP contribution in [0.25, 0.3) is 89.7 Å². The first-order valence-corrected chi connectivity index (χ1v) is 16.2. The Bertz CT molecular complexity index is 2580. The molecule has 5 nitrogen and oxygen atoms in total. The highest BCUT2D eigenvalue weighted by molar-refractivity contribution is 6.04. The molecule has 0 aliphatic heterocycles. The fourth-order valence-corrected chi connectivity index (χ4v) is 6.23. The first-order valence-electron chi connectivity index (χ1n) is 16.2. The number of hydrogen-bond donors (Lipinski definition) is 0. The molecule has 0 amide bonds. The Morgan fingerprint density at radius 3 is 1.51 bits per heavy atom. The fraction of sp³-hybridized carbons (Fsp3) is 0. The van der Waals surface area contributed by atoms with Crippen molar-refractivity contribution in [1.82, 2.24) is 19.9 Å². The molecule has 9 aromatic rings. The van der Waals surface area contributed by atoms with Crippen LogP contribution < -0.4 is 0 Å². The summed E-state index contributed by atoms with van der Waals surface area (Å²) in [7, 11) is 0. The molecule has 5 heteroatoms. The van der Waals surface area contributed by atoms with E-state index in [4.69, 9.17) is 24.4 Å². The minimum absolute atomic E-state index is 0.621. The number of aromatic nitrogens is 4. The Morgan fingerprint density at radius 2 is 0.816 bits per heavy atom. The largest absolute Gasteiger partial charge is 0.435 e. The van der Waals surface area contributed by atoms with Crippen LogP contribution in [0.15, 0.2) is 174 Å². The highest BCUT2D eigenvalue weighted by atomic mass is 16.3. The van der Waals surface area contributed by atoms with Gasteiger partial charge in [-0.2, -0.15) is 0 Å². The third-order valence-corrected chi connectivity index (χ3v) is 8.76. The standard InChI is InChI=1S/C44H28N4O/c1-4-11-29(12-5-1)30-19-21-32(22-20-30)42-46-41(31-13-6-2-7-14-31)47-43(48-42)37-18-10-17-34(28-37)35-23-25-38-36(27-35)24-26-39-40(38)49-44(45-39)33-15-8-3-9-16-33/h1-28H. The zero-order valence-electron chi connectivity index (χ0n) is 26.4. The molecule has 9 rings (SSSR count). The van der Waals surface area contributed by atoms with E-state index >= 15 is 0 Å². The minimum atomic E-state index is 0.621. The van der Waals surface area contributed by atoms with Gasteiger partial charge >= 0.3 is 0 Å². The van der Waals surface area contributed by atoms with Gasteiger partial charge in [-0.15, -0.1) is 0 Å². The summed E-state index contributed by atoms with van der Waals surface area (Å²) in [5, 5.41) is 2.11. The van der Waals surface area contributed by atoms with E-state index in [1.807, 2.05) is 72.8 Å². The van der Waals surface area contributed by atoms with E-state index in [0.717, 1.165) is 60.8 Å². The molecule has 0 radical (unpaired) electrons. The maximum absolute atomic E-state index is 6.28. The average Bonchev–Trinajstić information content (AvgIpc) is 3.64. The van der Waals surface area contributed by atoms with Crippen molar-refractivity contribution in [2.75, 3.05) is 0 Å². The fourth-order valence-electron chi connectivity index (χ4n) is 6.23. The second-order valence-electron chi connectivity index (χ2n) is 11.9. The molecule has 0 saturated carbocycles. The van der Waals surface area contributed by atoms with Crippen LogP contribution in [0.1, 0.15) is 0 Å². The number of benzene rings is 7. The monoisotopic (exact) mass is 628 g/mol. The summed E-state index contributed by atoms with van der Waals surface area (Å²) in [4.78, 5) is 19.7. The lowest BCUT2D eigenvalue weighted by atomic mass is 9.99. The van der Waals surface area contributed by atoms with Gasteiger partial charge in [0.1, 0.15) is 5.52 Å². The molecule has 0 bridgehead atoms. The van der Waals surface area contributed by atoms with Gasteiger partial charge in [-0.1, -0.05) is 133 Å². The number of fused-ring (bicyclic) bond motifs is 3. The van der Waals surface area contributed by atoms with E-state index in [9.17, 15) is 0 Å². The Kier molecular flexibility index (Phi) is 7.06. The Balaban J connectivity index is 1.10. The zero-order chi connectivity index (χ0) is 32.6. The molecule has 0 saturated heterocycles. The molecule has 2 heterocycles. The SMILES string of the molecule is c1ccc(-c2ccc(-c3nc(-c4ccccc4)nc(-c4cccc(-c5ccc6c(ccc7nc(-c8ccccc8)oc76)c5)c4)n3)cc2)cc1. The lowest BCUT2D eigenvalue weighted by Gasteiger charge is -2.10. The first-order chi connectivity index (χ1) is 24.2. The molecule has 230 valence electrons. The van der Waals surface area contributed by atoms with Gasteiger partial charge in [0.25, 0.3) is 0 Å². The number of rotatable bonds is 6. The van der Waals surface area contributed by atoms with Crippen molar-refractivity contribution in [3.63, 3.8) is 0 Å². The van der Waals surface area contributed by atoms with Gasteiger partial charge in [0.05, 0.1) is 0 Å². The molecule has 0 spiro atoms. The maximum Gasteiger partial charge on any atom is 0.227 e. The average molecular weight is 629 g/mol. The van der Waals surface area contributed by atoms with Crippen LogP contribution in [0.2, 0.25) is 0 Å².